The maximum atomic E-state index is 13.7. The standard InChI is InChI=1S/C14H11BrCl2FN/c1-8-4-12(17)14(6-11(8)16)19-7-9-2-3-10(15)5-13(9)18/h2-6,19H,7H2,1H3. The minimum absolute atomic E-state index is 0.267. The lowest BCUT2D eigenvalue weighted by atomic mass is 10.2. The van der Waals surface area contributed by atoms with E-state index in [-0.39, 0.29) is 5.82 Å². The van der Waals surface area contributed by atoms with Crippen LogP contribution in [0.2, 0.25) is 10.0 Å². The largest absolute Gasteiger partial charge is 0.380 e. The van der Waals surface area contributed by atoms with E-state index in [9.17, 15) is 4.39 Å². The predicted octanol–water partition coefficient (Wildman–Crippen LogP) is 5.82. The SMILES string of the molecule is Cc1cc(Cl)c(NCc2ccc(Br)cc2F)cc1Cl. The Labute approximate surface area is 129 Å². The monoisotopic (exact) mass is 361 g/mol. The van der Waals surface area contributed by atoms with E-state index >= 15 is 0 Å². The molecule has 0 aliphatic rings. The third-order valence-electron chi connectivity index (χ3n) is 2.73. The molecule has 2 aromatic carbocycles. The minimum Gasteiger partial charge on any atom is -0.380 e. The molecule has 2 rings (SSSR count). The topological polar surface area (TPSA) is 12.0 Å². The second-order valence-electron chi connectivity index (χ2n) is 4.17. The zero-order valence-corrected chi connectivity index (χ0v) is 13.2. The molecule has 0 spiro atoms. The van der Waals surface area contributed by atoms with Crippen molar-refractivity contribution in [2.24, 2.45) is 0 Å². The first-order valence-corrected chi connectivity index (χ1v) is 7.15. The van der Waals surface area contributed by atoms with Gasteiger partial charge in [-0.05, 0) is 36.8 Å². The van der Waals surface area contributed by atoms with Crippen LogP contribution in [0.4, 0.5) is 10.1 Å². The number of anilines is 1. The Hall–Kier alpha value is -0.770. The van der Waals surface area contributed by atoms with Crippen LogP contribution in [-0.4, -0.2) is 0 Å². The van der Waals surface area contributed by atoms with Crippen LogP contribution in [0.1, 0.15) is 11.1 Å². The zero-order valence-electron chi connectivity index (χ0n) is 10.1. The second-order valence-corrected chi connectivity index (χ2v) is 5.90. The maximum absolute atomic E-state index is 13.7. The van der Waals surface area contributed by atoms with Crippen molar-refractivity contribution in [3.05, 3.63) is 61.8 Å². The van der Waals surface area contributed by atoms with E-state index in [0.29, 0.717) is 32.3 Å². The van der Waals surface area contributed by atoms with Gasteiger partial charge in [0, 0.05) is 21.6 Å². The first-order chi connectivity index (χ1) is 8.97. The molecule has 19 heavy (non-hydrogen) atoms. The van der Waals surface area contributed by atoms with E-state index in [2.05, 4.69) is 21.2 Å². The van der Waals surface area contributed by atoms with Gasteiger partial charge in [0.05, 0.1) is 10.7 Å². The van der Waals surface area contributed by atoms with Gasteiger partial charge in [-0.1, -0.05) is 45.2 Å². The van der Waals surface area contributed by atoms with Crippen molar-refractivity contribution >= 4 is 44.8 Å². The fourth-order valence-electron chi connectivity index (χ4n) is 1.64. The smallest absolute Gasteiger partial charge is 0.129 e. The first-order valence-electron chi connectivity index (χ1n) is 5.61. The highest BCUT2D eigenvalue weighted by molar-refractivity contribution is 9.10. The predicted molar refractivity (Wildman–Crippen MR) is 82.6 cm³/mol. The van der Waals surface area contributed by atoms with E-state index in [4.69, 9.17) is 23.2 Å². The van der Waals surface area contributed by atoms with Gasteiger partial charge in [0.25, 0.3) is 0 Å². The van der Waals surface area contributed by atoms with Crippen molar-refractivity contribution in [1.82, 2.24) is 0 Å². The van der Waals surface area contributed by atoms with Gasteiger partial charge in [0.2, 0.25) is 0 Å². The number of nitrogens with one attached hydrogen (secondary N) is 1. The third kappa shape index (κ3) is 3.62. The summed E-state index contributed by atoms with van der Waals surface area (Å²) in [6.45, 7) is 2.23. The molecule has 2 aromatic rings. The van der Waals surface area contributed by atoms with Crippen molar-refractivity contribution < 1.29 is 4.39 Å². The van der Waals surface area contributed by atoms with Crippen LogP contribution in [0, 0.1) is 12.7 Å². The zero-order chi connectivity index (χ0) is 14.0. The molecule has 0 heterocycles. The van der Waals surface area contributed by atoms with E-state index < -0.39 is 0 Å². The lowest BCUT2D eigenvalue weighted by Gasteiger charge is -2.11. The first kappa shape index (κ1) is 14.6. The molecule has 0 saturated heterocycles. The minimum atomic E-state index is -0.267. The fraction of sp³-hybridized carbons (Fsp3) is 0.143. The number of aryl methyl sites for hydroxylation is 1. The van der Waals surface area contributed by atoms with Crippen LogP contribution in [0.25, 0.3) is 0 Å². The molecule has 0 saturated carbocycles. The normalized spacial score (nSPS) is 10.6. The van der Waals surface area contributed by atoms with E-state index in [1.54, 1.807) is 24.3 Å². The van der Waals surface area contributed by atoms with E-state index in [1.807, 2.05) is 6.92 Å². The molecule has 0 atom stereocenters. The van der Waals surface area contributed by atoms with E-state index in [1.165, 1.54) is 6.07 Å². The Bertz CT molecular complexity index is 617. The molecule has 0 unspecified atom stereocenters. The van der Waals surface area contributed by atoms with Gasteiger partial charge in [-0.2, -0.15) is 0 Å². The summed E-state index contributed by atoms with van der Waals surface area (Å²) in [5.41, 5.74) is 2.17. The average molecular weight is 363 g/mol. The van der Waals surface area contributed by atoms with Gasteiger partial charge in [0.1, 0.15) is 5.82 Å². The lowest BCUT2D eigenvalue weighted by Crippen LogP contribution is -2.02. The van der Waals surface area contributed by atoms with Gasteiger partial charge < -0.3 is 5.32 Å². The molecule has 0 fully saturated rings. The Balaban J connectivity index is 2.16. The number of hydrogen-bond acceptors (Lipinski definition) is 1. The summed E-state index contributed by atoms with van der Waals surface area (Å²) in [4.78, 5) is 0. The summed E-state index contributed by atoms with van der Waals surface area (Å²) < 4.78 is 14.4. The Morgan fingerprint density at radius 2 is 1.89 bits per heavy atom. The summed E-state index contributed by atoms with van der Waals surface area (Å²) in [6, 6.07) is 8.47. The second kappa shape index (κ2) is 6.12. The highest BCUT2D eigenvalue weighted by atomic mass is 79.9. The summed E-state index contributed by atoms with van der Waals surface area (Å²) in [5, 5.41) is 4.28. The molecule has 0 aliphatic heterocycles. The highest BCUT2D eigenvalue weighted by Crippen LogP contribution is 2.29. The molecular formula is C14H11BrCl2FN. The molecule has 0 radical (unpaired) electrons. The number of halogens is 4. The van der Waals surface area contributed by atoms with Gasteiger partial charge in [-0.25, -0.2) is 4.39 Å². The molecule has 0 aliphatic carbocycles. The van der Waals surface area contributed by atoms with Crippen LogP contribution < -0.4 is 5.32 Å². The van der Waals surface area contributed by atoms with Crippen LogP contribution in [-0.2, 0) is 6.54 Å². The van der Waals surface area contributed by atoms with Crippen molar-refractivity contribution in [3.8, 4) is 0 Å². The maximum Gasteiger partial charge on any atom is 0.129 e. The summed E-state index contributed by atoms with van der Waals surface area (Å²) >= 11 is 15.4. The quantitative estimate of drug-likeness (QED) is 0.725. The lowest BCUT2D eigenvalue weighted by molar-refractivity contribution is 0.612. The van der Waals surface area contributed by atoms with Gasteiger partial charge in [0.15, 0.2) is 0 Å². The summed E-state index contributed by atoms with van der Waals surface area (Å²) in [5.74, 6) is -0.267. The average Bonchev–Trinajstić information content (AvgIpc) is 2.34. The molecule has 0 aromatic heterocycles. The van der Waals surface area contributed by atoms with Crippen molar-refractivity contribution in [2.75, 3.05) is 5.32 Å². The van der Waals surface area contributed by atoms with Gasteiger partial charge in [-0.15, -0.1) is 0 Å². The molecule has 1 nitrogen and oxygen atoms in total. The molecule has 0 amide bonds. The Kier molecular flexibility index (Phi) is 4.71. The van der Waals surface area contributed by atoms with Crippen LogP contribution in [0.5, 0.6) is 0 Å². The van der Waals surface area contributed by atoms with E-state index in [0.717, 1.165) is 5.56 Å². The van der Waals surface area contributed by atoms with Crippen molar-refractivity contribution in [1.29, 1.82) is 0 Å². The third-order valence-corrected chi connectivity index (χ3v) is 3.95. The molecule has 100 valence electrons. The van der Waals surface area contributed by atoms with Gasteiger partial charge in [-0.3, -0.25) is 0 Å². The van der Waals surface area contributed by atoms with Crippen molar-refractivity contribution in [3.63, 3.8) is 0 Å². The number of rotatable bonds is 3. The summed E-state index contributed by atoms with van der Waals surface area (Å²) in [7, 11) is 0. The molecule has 0 bridgehead atoms. The molecule has 5 heteroatoms. The summed E-state index contributed by atoms with van der Waals surface area (Å²) in [6.07, 6.45) is 0. The fourth-order valence-corrected chi connectivity index (χ4v) is 2.42. The Morgan fingerprint density at radius 3 is 2.58 bits per heavy atom. The van der Waals surface area contributed by atoms with Crippen LogP contribution in [0.3, 0.4) is 0 Å². The highest BCUT2D eigenvalue weighted by Gasteiger charge is 2.07. The van der Waals surface area contributed by atoms with Crippen LogP contribution >= 0.6 is 39.1 Å². The van der Waals surface area contributed by atoms with Crippen LogP contribution in [0.15, 0.2) is 34.8 Å². The van der Waals surface area contributed by atoms with Crippen molar-refractivity contribution in [2.45, 2.75) is 13.5 Å². The number of hydrogen-bond donors (Lipinski definition) is 1. The molecular weight excluding hydrogens is 352 g/mol. The van der Waals surface area contributed by atoms with Gasteiger partial charge >= 0.3 is 0 Å². The Morgan fingerprint density at radius 1 is 1.16 bits per heavy atom. The molecule has 1 N–H and O–H groups in total. The number of benzene rings is 2.